The Morgan fingerprint density at radius 2 is 2.33 bits per heavy atom. The lowest BCUT2D eigenvalue weighted by Gasteiger charge is -2.23. The maximum atomic E-state index is 4.16. The van der Waals surface area contributed by atoms with Crippen LogP contribution in [0, 0.1) is 11.8 Å². The number of likely N-dealkylation sites (N-methyl/N-ethyl adjacent to an activating group) is 1. The second-order valence-corrected chi connectivity index (χ2v) is 4.66. The molecule has 0 radical (unpaired) electrons. The van der Waals surface area contributed by atoms with Crippen LogP contribution >= 0.6 is 0 Å². The molecule has 1 saturated carbocycles. The third-order valence-electron chi connectivity index (χ3n) is 3.55. The number of hydrogen-bond acceptors (Lipinski definition) is 2. The Morgan fingerprint density at radius 3 is 2.87 bits per heavy atom. The summed E-state index contributed by atoms with van der Waals surface area (Å²) in [6.45, 7) is 2.37. The van der Waals surface area contributed by atoms with E-state index in [-0.39, 0.29) is 0 Å². The molecule has 15 heavy (non-hydrogen) atoms. The summed E-state index contributed by atoms with van der Waals surface area (Å²) < 4.78 is 0. The van der Waals surface area contributed by atoms with Crippen LogP contribution in [0.25, 0.3) is 0 Å². The van der Waals surface area contributed by atoms with Crippen molar-refractivity contribution in [3.05, 3.63) is 30.1 Å². The first-order valence-corrected chi connectivity index (χ1v) is 5.87. The largest absolute Gasteiger partial charge is 0.316 e. The number of nitrogens with one attached hydrogen (secondary N) is 1. The number of rotatable bonds is 5. The summed E-state index contributed by atoms with van der Waals surface area (Å²) in [5.74, 6) is 1.74. The molecular weight excluding hydrogens is 184 g/mol. The Balaban J connectivity index is 1.95. The average molecular weight is 204 g/mol. The summed E-state index contributed by atoms with van der Waals surface area (Å²) >= 11 is 0. The molecule has 2 nitrogen and oxygen atoms in total. The molecule has 1 aliphatic carbocycles. The normalized spacial score (nSPS) is 19.9. The van der Waals surface area contributed by atoms with Crippen LogP contribution in [0.15, 0.2) is 24.5 Å². The number of hydrogen-bond donors (Lipinski definition) is 1. The van der Waals surface area contributed by atoms with E-state index in [0.29, 0.717) is 6.04 Å². The maximum absolute atomic E-state index is 4.16. The molecule has 0 saturated heterocycles. The molecule has 0 aliphatic heterocycles. The lowest BCUT2D eigenvalue weighted by Crippen LogP contribution is -2.35. The molecule has 1 N–H and O–H groups in total. The van der Waals surface area contributed by atoms with E-state index < -0.39 is 0 Å². The van der Waals surface area contributed by atoms with E-state index in [4.69, 9.17) is 0 Å². The van der Waals surface area contributed by atoms with Crippen molar-refractivity contribution in [1.82, 2.24) is 10.3 Å². The molecule has 2 unspecified atom stereocenters. The minimum Gasteiger partial charge on any atom is -0.316 e. The molecule has 1 aromatic rings. The Hall–Kier alpha value is -0.890. The standard InChI is InChI=1S/C13H20N2/c1-10(12-5-6-12)13(14-2)8-11-4-3-7-15-9-11/h3-4,7,9-10,12-14H,5-6,8H2,1-2H3. The molecule has 82 valence electrons. The van der Waals surface area contributed by atoms with Crippen molar-refractivity contribution in [2.75, 3.05) is 7.05 Å². The maximum Gasteiger partial charge on any atom is 0.0300 e. The Morgan fingerprint density at radius 1 is 1.53 bits per heavy atom. The molecule has 2 rings (SSSR count). The van der Waals surface area contributed by atoms with Gasteiger partial charge in [0.15, 0.2) is 0 Å². The van der Waals surface area contributed by atoms with Crippen LogP contribution in [0.4, 0.5) is 0 Å². The van der Waals surface area contributed by atoms with Crippen molar-refractivity contribution >= 4 is 0 Å². The summed E-state index contributed by atoms with van der Waals surface area (Å²) in [6.07, 6.45) is 7.76. The van der Waals surface area contributed by atoms with Crippen LogP contribution < -0.4 is 5.32 Å². The van der Waals surface area contributed by atoms with Gasteiger partial charge >= 0.3 is 0 Å². The van der Waals surface area contributed by atoms with Gasteiger partial charge in [-0.3, -0.25) is 4.98 Å². The van der Waals surface area contributed by atoms with Gasteiger partial charge in [0, 0.05) is 18.4 Å². The first-order valence-electron chi connectivity index (χ1n) is 5.87. The Bertz CT molecular complexity index is 293. The minimum atomic E-state index is 0.599. The number of nitrogens with zero attached hydrogens (tertiary/aromatic N) is 1. The van der Waals surface area contributed by atoms with Gasteiger partial charge in [0.05, 0.1) is 0 Å². The van der Waals surface area contributed by atoms with Gasteiger partial charge in [-0.1, -0.05) is 13.0 Å². The first kappa shape index (κ1) is 10.6. The van der Waals surface area contributed by atoms with Gasteiger partial charge in [0.2, 0.25) is 0 Å². The van der Waals surface area contributed by atoms with Gasteiger partial charge < -0.3 is 5.32 Å². The van der Waals surface area contributed by atoms with Crippen LogP contribution in [0.1, 0.15) is 25.3 Å². The molecule has 0 aromatic carbocycles. The third kappa shape index (κ3) is 2.78. The molecule has 0 amide bonds. The summed E-state index contributed by atoms with van der Waals surface area (Å²) in [4.78, 5) is 4.16. The van der Waals surface area contributed by atoms with E-state index in [1.54, 1.807) is 0 Å². The fourth-order valence-electron chi connectivity index (χ4n) is 2.27. The van der Waals surface area contributed by atoms with Gasteiger partial charge in [0.1, 0.15) is 0 Å². The van der Waals surface area contributed by atoms with Crippen molar-refractivity contribution in [2.45, 2.75) is 32.2 Å². The Labute approximate surface area is 92.1 Å². The predicted molar refractivity (Wildman–Crippen MR) is 62.7 cm³/mol. The first-order chi connectivity index (χ1) is 7.31. The summed E-state index contributed by atoms with van der Waals surface area (Å²) in [5.41, 5.74) is 1.34. The monoisotopic (exact) mass is 204 g/mol. The molecule has 1 fully saturated rings. The van der Waals surface area contributed by atoms with E-state index in [1.807, 2.05) is 18.5 Å². The molecule has 0 bridgehead atoms. The van der Waals surface area contributed by atoms with E-state index in [2.05, 4.69) is 30.3 Å². The summed E-state index contributed by atoms with van der Waals surface area (Å²) in [6, 6.07) is 4.78. The zero-order valence-electron chi connectivity index (χ0n) is 9.61. The lowest BCUT2D eigenvalue weighted by atomic mass is 9.92. The Kier molecular flexibility index (Phi) is 3.37. The molecule has 1 aromatic heterocycles. The van der Waals surface area contributed by atoms with Gasteiger partial charge in [0.25, 0.3) is 0 Å². The van der Waals surface area contributed by atoms with Gasteiger partial charge in [-0.15, -0.1) is 0 Å². The molecule has 1 heterocycles. The smallest absolute Gasteiger partial charge is 0.0300 e. The highest BCUT2D eigenvalue weighted by atomic mass is 14.9. The van der Waals surface area contributed by atoms with Crippen LogP contribution in [-0.2, 0) is 6.42 Å². The van der Waals surface area contributed by atoms with Crippen LogP contribution in [0.5, 0.6) is 0 Å². The highest BCUT2D eigenvalue weighted by molar-refractivity contribution is 5.10. The van der Waals surface area contributed by atoms with Gasteiger partial charge in [-0.2, -0.15) is 0 Å². The summed E-state index contributed by atoms with van der Waals surface area (Å²) in [5, 5.41) is 3.44. The van der Waals surface area contributed by atoms with Crippen molar-refractivity contribution in [3.63, 3.8) is 0 Å². The topological polar surface area (TPSA) is 24.9 Å². The van der Waals surface area contributed by atoms with E-state index in [1.165, 1.54) is 18.4 Å². The highest BCUT2D eigenvalue weighted by Crippen LogP contribution is 2.38. The highest BCUT2D eigenvalue weighted by Gasteiger charge is 2.32. The fourth-order valence-corrected chi connectivity index (χ4v) is 2.27. The minimum absolute atomic E-state index is 0.599. The predicted octanol–water partition coefficient (Wildman–Crippen LogP) is 2.26. The second kappa shape index (κ2) is 4.75. The SMILES string of the molecule is CNC(Cc1cccnc1)C(C)C1CC1. The van der Waals surface area contributed by atoms with Crippen molar-refractivity contribution in [2.24, 2.45) is 11.8 Å². The number of aromatic nitrogens is 1. The average Bonchev–Trinajstić information content (AvgIpc) is 3.10. The van der Waals surface area contributed by atoms with Gasteiger partial charge in [-0.25, -0.2) is 0 Å². The quantitative estimate of drug-likeness (QED) is 0.795. The van der Waals surface area contributed by atoms with Crippen molar-refractivity contribution in [1.29, 1.82) is 0 Å². The fraction of sp³-hybridized carbons (Fsp3) is 0.615. The molecule has 0 spiro atoms. The number of pyridine rings is 1. The second-order valence-electron chi connectivity index (χ2n) is 4.66. The van der Waals surface area contributed by atoms with Crippen LogP contribution in [-0.4, -0.2) is 18.1 Å². The zero-order valence-corrected chi connectivity index (χ0v) is 9.61. The third-order valence-corrected chi connectivity index (χ3v) is 3.55. The lowest BCUT2D eigenvalue weighted by molar-refractivity contribution is 0.357. The van der Waals surface area contributed by atoms with Crippen molar-refractivity contribution < 1.29 is 0 Å². The molecule has 2 atom stereocenters. The van der Waals surface area contributed by atoms with E-state index in [9.17, 15) is 0 Å². The van der Waals surface area contributed by atoms with E-state index in [0.717, 1.165) is 18.3 Å². The van der Waals surface area contributed by atoms with Crippen LogP contribution in [0.2, 0.25) is 0 Å². The van der Waals surface area contributed by atoms with E-state index >= 15 is 0 Å². The molecule has 1 aliphatic rings. The molecule has 2 heteroatoms. The summed E-state index contributed by atoms with van der Waals surface area (Å²) in [7, 11) is 2.07. The molecular formula is C13H20N2. The van der Waals surface area contributed by atoms with Crippen molar-refractivity contribution in [3.8, 4) is 0 Å². The van der Waals surface area contributed by atoms with Gasteiger partial charge in [-0.05, 0) is 49.8 Å². The zero-order chi connectivity index (χ0) is 10.7. The van der Waals surface area contributed by atoms with Crippen LogP contribution in [0.3, 0.4) is 0 Å².